The van der Waals surface area contributed by atoms with Gasteiger partial charge in [-0.1, -0.05) is 53.7 Å². The standard InChI is InChI=1S/C26H23N3O6/c30-24(29-14-9-10-22(29)19(11-14)25(31)32)21-12-23(35-28-21)27-26(33)34-13-20-17-7-3-1-5-15(17)16-6-2-4-8-18(16)20/h1-8,12,14,19-20,22H,9-11,13H2,(H,27,33)(H,31,32)/t14-,19+,22+/m0/s1. The predicted octanol–water partition coefficient (Wildman–Crippen LogP) is 4.11. The maximum atomic E-state index is 13.0. The molecule has 2 amide bonds. The Morgan fingerprint density at radius 3 is 2.40 bits per heavy atom. The number of aliphatic carboxylic acids is 1. The molecule has 0 radical (unpaired) electrons. The molecule has 3 heterocycles. The molecule has 9 heteroatoms. The molecule has 9 nitrogen and oxygen atoms in total. The van der Waals surface area contributed by atoms with Crippen LogP contribution < -0.4 is 5.32 Å². The second-order valence-corrected chi connectivity index (χ2v) is 9.22. The summed E-state index contributed by atoms with van der Waals surface area (Å²) in [6.45, 7) is 0.146. The van der Waals surface area contributed by atoms with E-state index in [4.69, 9.17) is 9.26 Å². The van der Waals surface area contributed by atoms with Gasteiger partial charge < -0.3 is 19.3 Å². The average Bonchev–Trinajstić information content (AvgIpc) is 3.64. The van der Waals surface area contributed by atoms with Crippen molar-refractivity contribution < 1.29 is 28.8 Å². The van der Waals surface area contributed by atoms with Gasteiger partial charge in [0.15, 0.2) is 5.69 Å². The molecule has 2 bridgehead atoms. The summed E-state index contributed by atoms with van der Waals surface area (Å²) in [5.41, 5.74) is 4.51. The number of nitrogens with one attached hydrogen (secondary N) is 1. The third kappa shape index (κ3) is 3.54. The number of carbonyl (C=O) groups excluding carboxylic acids is 2. The maximum Gasteiger partial charge on any atom is 0.414 e. The van der Waals surface area contributed by atoms with Crippen LogP contribution >= 0.6 is 0 Å². The minimum Gasteiger partial charge on any atom is -0.481 e. The van der Waals surface area contributed by atoms with E-state index in [1.165, 1.54) is 6.07 Å². The number of anilines is 1. The number of carboxylic acids is 1. The molecule has 3 aliphatic rings. The van der Waals surface area contributed by atoms with E-state index in [0.717, 1.165) is 28.7 Å². The maximum absolute atomic E-state index is 13.0. The van der Waals surface area contributed by atoms with Crippen LogP contribution in [-0.4, -0.2) is 51.8 Å². The van der Waals surface area contributed by atoms with E-state index in [1.807, 2.05) is 36.4 Å². The lowest BCUT2D eigenvalue weighted by molar-refractivity contribution is -0.142. The summed E-state index contributed by atoms with van der Waals surface area (Å²) in [7, 11) is 0. The zero-order valence-corrected chi connectivity index (χ0v) is 18.7. The van der Waals surface area contributed by atoms with Crippen molar-refractivity contribution in [2.24, 2.45) is 5.92 Å². The molecule has 35 heavy (non-hydrogen) atoms. The molecule has 2 fully saturated rings. The van der Waals surface area contributed by atoms with Crippen LogP contribution in [-0.2, 0) is 9.53 Å². The fourth-order valence-electron chi connectivity index (χ4n) is 5.87. The first kappa shape index (κ1) is 21.4. The summed E-state index contributed by atoms with van der Waals surface area (Å²) < 4.78 is 10.6. The summed E-state index contributed by atoms with van der Waals surface area (Å²) in [4.78, 5) is 38.5. The number of rotatable bonds is 5. The van der Waals surface area contributed by atoms with Gasteiger partial charge in [0.2, 0.25) is 5.88 Å². The number of benzene rings is 2. The highest BCUT2D eigenvalue weighted by atomic mass is 16.6. The van der Waals surface area contributed by atoms with Gasteiger partial charge in [-0.05, 0) is 41.5 Å². The number of amides is 2. The van der Waals surface area contributed by atoms with Crippen molar-refractivity contribution in [1.82, 2.24) is 10.1 Å². The topological polar surface area (TPSA) is 122 Å². The van der Waals surface area contributed by atoms with Crippen LogP contribution in [0.2, 0.25) is 0 Å². The van der Waals surface area contributed by atoms with E-state index in [1.54, 1.807) is 4.90 Å². The number of hydrogen-bond acceptors (Lipinski definition) is 6. The quantitative estimate of drug-likeness (QED) is 0.572. The minimum atomic E-state index is -0.882. The Morgan fingerprint density at radius 1 is 1.06 bits per heavy atom. The summed E-state index contributed by atoms with van der Waals surface area (Å²) >= 11 is 0. The number of carboxylic acid groups (broad SMARTS) is 1. The number of nitrogens with zero attached hydrogens (tertiary/aromatic N) is 2. The summed E-state index contributed by atoms with van der Waals surface area (Å²) in [6.07, 6.45) is 1.18. The second-order valence-electron chi connectivity index (χ2n) is 9.22. The van der Waals surface area contributed by atoms with Gasteiger partial charge in [0.1, 0.15) is 6.61 Å². The van der Waals surface area contributed by atoms with Gasteiger partial charge in [-0.2, -0.15) is 0 Å². The van der Waals surface area contributed by atoms with E-state index in [0.29, 0.717) is 12.8 Å². The molecule has 2 N–H and O–H groups in total. The number of hydrogen-bond donors (Lipinski definition) is 2. The highest BCUT2D eigenvalue weighted by molar-refractivity contribution is 5.95. The largest absolute Gasteiger partial charge is 0.481 e. The first-order valence-corrected chi connectivity index (χ1v) is 11.7. The van der Waals surface area contributed by atoms with Gasteiger partial charge in [-0.3, -0.25) is 14.9 Å². The van der Waals surface area contributed by atoms with Gasteiger partial charge >= 0.3 is 12.1 Å². The molecule has 2 saturated heterocycles. The van der Waals surface area contributed by atoms with Crippen LogP contribution in [0.25, 0.3) is 11.1 Å². The Kier molecular flexibility index (Phi) is 5.05. The highest BCUT2D eigenvalue weighted by Gasteiger charge is 2.51. The summed E-state index contributed by atoms with van der Waals surface area (Å²) in [6, 6.07) is 17.0. The lowest BCUT2D eigenvalue weighted by Gasteiger charge is -2.21. The minimum absolute atomic E-state index is 0.00750. The van der Waals surface area contributed by atoms with Crippen molar-refractivity contribution in [2.45, 2.75) is 37.3 Å². The molecule has 6 rings (SSSR count). The molecular weight excluding hydrogens is 450 g/mol. The normalized spacial score (nSPS) is 22.1. The van der Waals surface area contributed by atoms with Crippen LogP contribution in [0.5, 0.6) is 0 Å². The van der Waals surface area contributed by atoms with Gasteiger partial charge in [0.05, 0.1) is 5.92 Å². The van der Waals surface area contributed by atoms with Crippen LogP contribution in [0.15, 0.2) is 59.1 Å². The van der Waals surface area contributed by atoms with Crippen LogP contribution in [0, 0.1) is 5.92 Å². The molecule has 0 spiro atoms. The zero-order valence-electron chi connectivity index (χ0n) is 18.7. The van der Waals surface area contributed by atoms with Crippen molar-refractivity contribution in [3.05, 3.63) is 71.4 Å². The van der Waals surface area contributed by atoms with E-state index < -0.39 is 18.0 Å². The molecule has 0 unspecified atom stereocenters. The zero-order chi connectivity index (χ0) is 24.1. The summed E-state index contributed by atoms with van der Waals surface area (Å²) in [5, 5.41) is 15.7. The van der Waals surface area contributed by atoms with E-state index in [9.17, 15) is 19.5 Å². The number of aromatic nitrogens is 1. The molecule has 1 aromatic heterocycles. The third-order valence-corrected chi connectivity index (χ3v) is 7.39. The van der Waals surface area contributed by atoms with Crippen molar-refractivity contribution in [1.29, 1.82) is 0 Å². The van der Waals surface area contributed by atoms with Gasteiger partial charge in [-0.15, -0.1) is 0 Å². The van der Waals surface area contributed by atoms with Gasteiger partial charge in [-0.25, -0.2) is 4.79 Å². The predicted molar refractivity (Wildman–Crippen MR) is 124 cm³/mol. The lowest BCUT2D eigenvalue weighted by atomic mass is 9.89. The highest BCUT2D eigenvalue weighted by Crippen LogP contribution is 2.45. The Balaban J connectivity index is 1.10. The Labute approximate surface area is 200 Å². The molecule has 2 aliphatic heterocycles. The summed E-state index contributed by atoms with van der Waals surface area (Å²) in [5.74, 6) is -1.90. The monoisotopic (exact) mass is 473 g/mol. The molecule has 3 aromatic rings. The van der Waals surface area contributed by atoms with E-state index >= 15 is 0 Å². The van der Waals surface area contributed by atoms with Crippen molar-refractivity contribution >= 4 is 23.9 Å². The Bertz CT molecular complexity index is 1290. The molecule has 2 aromatic carbocycles. The first-order valence-electron chi connectivity index (χ1n) is 11.7. The fraction of sp³-hybridized carbons (Fsp3) is 0.308. The molecule has 178 valence electrons. The number of carbonyl (C=O) groups is 3. The van der Waals surface area contributed by atoms with Crippen molar-refractivity contribution in [2.75, 3.05) is 11.9 Å². The molecule has 1 aliphatic carbocycles. The average molecular weight is 473 g/mol. The van der Waals surface area contributed by atoms with Crippen LogP contribution in [0.3, 0.4) is 0 Å². The van der Waals surface area contributed by atoms with Crippen LogP contribution in [0.4, 0.5) is 10.7 Å². The fourth-order valence-corrected chi connectivity index (χ4v) is 5.87. The number of ether oxygens (including phenoxy) is 1. The van der Waals surface area contributed by atoms with E-state index in [-0.39, 0.29) is 42.1 Å². The smallest absolute Gasteiger partial charge is 0.414 e. The molecular formula is C26H23N3O6. The molecule has 3 atom stereocenters. The van der Waals surface area contributed by atoms with Crippen molar-refractivity contribution in [3.63, 3.8) is 0 Å². The first-order chi connectivity index (χ1) is 17.0. The third-order valence-electron chi connectivity index (χ3n) is 7.39. The van der Waals surface area contributed by atoms with Crippen molar-refractivity contribution in [3.8, 4) is 11.1 Å². The SMILES string of the molecule is O=C(Nc1cc(C(=O)N2[C@H]3CC[C@@H]2[C@H](C(=O)O)C3)no1)OCC1c2ccccc2-c2ccccc21. The van der Waals surface area contributed by atoms with Gasteiger partial charge in [0, 0.05) is 24.1 Å². The molecule has 0 saturated carbocycles. The Morgan fingerprint density at radius 2 is 1.74 bits per heavy atom. The Hall–Kier alpha value is -4.14. The number of fused-ring (bicyclic) bond motifs is 5. The second kappa shape index (κ2) is 8.26. The van der Waals surface area contributed by atoms with E-state index in [2.05, 4.69) is 22.6 Å². The van der Waals surface area contributed by atoms with Crippen LogP contribution in [0.1, 0.15) is 46.8 Å². The van der Waals surface area contributed by atoms with Gasteiger partial charge in [0.25, 0.3) is 5.91 Å². The lowest BCUT2D eigenvalue weighted by Crippen LogP contribution is -2.38.